The second-order valence-electron chi connectivity index (χ2n) is 5.18. The zero-order valence-electron chi connectivity index (χ0n) is 12.0. The molecule has 0 aromatic heterocycles. The molecule has 1 aliphatic rings. The van der Waals surface area contributed by atoms with E-state index in [1.807, 2.05) is 24.8 Å². The molecule has 6 heteroatoms. The van der Waals surface area contributed by atoms with E-state index < -0.39 is 10.0 Å². The standard InChI is InChI=1S/C13H24N2O3S/c1-4-6-11(2)13(16)15-8-5-7-12(10-15)9-14-19(3,17)18/h6,12,14H,4-5,7-10H2,1-3H3. The molecule has 0 saturated carbocycles. The third-order valence-electron chi connectivity index (χ3n) is 3.29. The number of hydrogen-bond acceptors (Lipinski definition) is 3. The number of carbonyl (C=O) groups is 1. The SMILES string of the molecule is CCC=C(C)C(=O)N1CCCC(CNS(C)(=O)=O)C1. The average molecular weight is 288 g/mol. The first kappa shape index (κ1) is 16.2. The largest absolute Gasteiger partial charge is 0.339 e. The fraction of sp³-hybridized carbons (Fsp3) is 0.769. The summed E-state index contributed by atoms with van der Waals surface area (Å²) in [4.78, 5) is 14.0. The van der Waals surface area contributed by atoms with Crippen LogP contribution in [0.2, 0.25) is 0 Å². The van der Waals surface area contributed by atoms with Crippen LogP contribution in [-0.2, 0) is 14.8 Å². The van der Waals surface area contributed by atoms with Gasteiger partial charge in [0.25, 0.3) is 0 Å². The molecule has 1 N–H and O–H groups in total. The first-order valence-corrected chi connectivity index (χ1v) is 8.63. The highest BCUT2D eigenvalue weighted by atomic mass is 32.2. The summed E-state index contributed by atoms with van der Waals surface area (Å²) >= 11 is 0. The monoisotopic (exact) mass is 288 g/mol. The van der Waals surface area contributed by atoms with Gasteiger partial charge in [-0.15, -0.1) is 0 Å². The summed E-state index contributed by atoms with van der Waals surface area (Å²) in [6.07, 6.45) is 5.84. The van der Waals surface area contributed by atoms with Crippen LogP contribution in [0, 0.1) is 5.92 Å². The zero-order chi connectivity index (χ0) is 14.5. The molecule has 1 unspecified atom stereocenters. The Labute approximate surface area is 116 Å². The second kappa shape index (κ2) is 7.05. The van der Waals surface area contributed by atoms with E-state index in [-0.39, 0.29) is 11.8 Å². The van der Waals surface area contributed by atoms with Crippen molar-refractivity contribution in [1.82, 2.24) is 9.62 Å². The van der Waals surface area contributed by atoms with Gasteiger partial charge in [0.1, 0.15) is 0 Å². The van der Waals surface area contributed by atoms with Crippen molar-refractivity contribution in [3.8, 4) is 0 Å². The first-order chi connectivity index (χ1) is 8.83. The molecular weight excluding hydrogens is 264 g/mol. The highest BCUT2D eigenvalue weighted by Crippen LogP contribution is 2.18. The predicted octanol–water partition coefficient (Wildman–Crippen LogP) is 1.13. The Morgan fingerprint density at radius 3 is 2.74 bits per heavy atom. The Morgan fingerprint density at radius 2 is 2.16 bits per heavy atom. The van der Waals surface area contributed by atoms with Crippen molar-refractivity contribution in [2.24, 2.45) is 5.92 Å². The molecule has 1 atom stereocenters. The van der Waals surface area contributed by atoms with Gasteiger partial charge in [-0.1, -0.05) is 13.0 Å². The topological polar surface area (TPSA) is 66.5 Å². The van der Waals surface area contributed by atoms with Crippen LogP contribution in [0.4, 0.5) is 0 Å². The minimum absolute atomic E-state index is 0.0749. The van der Waals surface area contributed by atoms with Gasteiger partial charge < -0.3 is 4.90 Å². The summed E-state index contributed by atoms with van der Waals surface area (Å²) in [5.74, 6) is 0.285. The van der Waals surface area contributed by atoms with Crippen molar-refractivity contribution >= 4 is 15.9 Å². The minimum atomic E-state index is -3.15. The van der Waals surface area contributed by atoms with Gasteiger partial charge in [0.15, 0.2) is 0 Å². The lowest BCUT2D eigenvalue weighted by atomic mass is 9.97. The van der Waals surface area contributed by atoms with E-state index in [2.05, 4.69) is 4.72 Å². The van der Waals surface area contributed by atoms with Crippen LogP contribution in [-0.4, -0.2) is 45.1 Å². The van der Waals surface area contributed by atoms with E-state index in [0.29, 0.717) is 13.1 Å². The lowest BCUT2D eigenvalue weighted by Gasteiger charge is -2.33. The molecule has 1 rings (SSSR count). The van der Waals surface area contributed by atoms with Gasteiger partial charge in [0, 0.05) is 25.2 Å². The highest BCUT2D eigenvalue weighted by Gasteiger charge is 2.24. The van der Waals surface area contributed by atoms with Crippen LogP contribution in [0.5, 0.6) is 0 Å². The molecule has 0 radical (unpaired) electrons. The van der Waals surface area contributed by atoms with Crippen LogP contribution >= 0.6 is 0 Å². The number of amides is 1. The number of sulfonamides is 1. The first-order valence-electron chi connectivity index (χ1n) is 6.74. The number of nitrogens with zero attached hydrogens (tertiary/aromatic N) is 1. The Bertz CT molecular complexity index is 443. The van der Waals surface area contributed by atoms with Gasteiger partial charge in [0.05, 0.1) is 6.26 Å². The average Bonchev–Trinajstić information content (AvgIpc) is 2.35. The Balaban J connectivity index is 2.55. The maximum absolute atomic E-state index is 12.2. The molecule has 0 aromatic carbocycles. The second-order valence-corrected chi connectivity index (χ2v) is 7.01. The van der Waals surface area contributed by atoms with Crippen molar-refractivity contribution in [2.75, 3.05) is 25.9 Å². The smallest absolute Gasteiger partial charge is 0.249 e. The Morgan fingerprint density at radius 1 is 1.47 bits per heavy atom. The quantitative estimate of drug-likeness (QED) is 0.771. The zero-order valence-corrected chi connectivity index (χ0v) is 12.8. The third kappa shape index (κ3) is 5.74. The lowest BCUT2D eigenvalue weighted by Crippen LogP contribution is -2.43. The predicted molar refractivity (Wildman–Crippen MR) is 76.2 cm³/mol. The maximum Gasteiger partial charge on any atom is 0.249 e. The van der Waals surface area contributed by atoms with Gasteiger partial charge in [-0.2, -0.15) is 0 Å². The molecule has 110 valence electrons. The normalized spacial score (nSPS) is 21.5. The molecule has 1 aliphatic heterocycles. The lowest BCUT2D eigenvalue weighted by molar-refractivity contribution is -0.128. The van der Waals surface area contributed by atoms with E-state index in [1.165, 1.54) is 0 Å². The van der Waals surface area contributed by atoms with Crippen LogP contribution < -0.4 is 4.72 Å². The Kier molecular flexibility index (Phi) is 6.00. The molecular formula is C13H24N2O3S. The molecule has 1 fully saturated rings. The maximum atomic E-state index is 12.2. The molecule has 5 nitrogen and oxygen atoms in total. The fourth-order valence-corrected chi connectivity index (χ4v) is 2.87. The Hall–Kier alpha value is -0.880. The number of carbonyl (C=O) groups excluding carboxylic acids is 1. The number of likely N-dealkylation sites (tertiary alicyclic amines) is 1. The molecule has 19 heavy (non-hydrogen) atoms. The molecule has 1 saturated heterocycles. The van der Waals surface area contributed by atoms with Crippen LogP contribution in [0.25, 0.3) is 0 Å². The number of nitrogens with one attached hydrogen (secondary N) is 1. The summed E-state index contributed by atoms with van der Waals surface area (Å²) in [6.45, 7) is 5.66. The molecule has 0 spiro atoms. The number of piperidine rings is 1. The highest BCUT2D eigenvalue weighted by molar-refractivity contribution is 7.88. The van der Waals surface area contributed by atoms with Gasteiger partial charge in [-0.25, -0.2) is 13.1 Å². The van der Waals surface area contributed by atoms with E-state index in [9.17, 15) is 13.2 Å². The van der Waals surface area contributed by atoms with Crippen LogP contribution in [0.15, 0.2) is 11.6 Å². The summed E-state index contributed by atoms with van der Waals surface area (Å²) in [7, 11) is -3.15. The third-order valence-corrected chi connectivity index (χ3v) is 3.98. The van der Waals surface area contributed by atoms with Gasteiger partial charge in [0.2, 0.25) is 15.9 Å². The number of hydrogen-bond donors (Lipinski definition) is 1. The molecule has 0 aromatic rings. The van der Waals surface area contributed by atoms with Crippen LogP contribution in [0.1, 0.15) is 33.1 Å². The van der Waals surface area contributed by atoms with Crippen LogP contribution in [0.3, 0.4) is 0 Å². The van der Waals surface area contributed by atoms with Crippen molar-refractivity contribution in [1.29, 1.82) is 0 Å². The summed E-state index contributed by atoms with van der Waals surface area (Å²) in [5.41, 5.74) is 0.777. The van der Waals surface area contributed by atoms with Gasteiger partial charge in [-0.05, 0) is 32.1 Å². The van der Waals surface area contributed by atoms with E-state index in [1.54, 1.807) is 0 Å². The molecule has 1 amide bonds. The van der Waals surface area contributed by atoms with Crippen molar-refractivity contribution in [2.45, 2.75) is 33.1 Å². The molecule has 1 heterocycles. The molecule has 0 aliphatic carbocycles. The number of rotatable bonds is 5. The van der Waals surface area contributed by atoms with E-state index in [4.69, 9.17) is 0 Å². The van der Waals surface area contributed by atoms with Gasteiger partial charge >= 0.3 is 0 Å². The van der Waals surface area contributed by atoms with Crippen molar-refractivity contribution in [3.05, 3.63) is 11.6 Å². The number of allylic oxidation sites excluding steroid dienone is 1. The van der Waals surface area contributed by atoms with Gasteiger partial charge in [-0.3, -0.25) is 4.79 Å². The summed E-state index contributed by atoms with van der Waals surface area (Å²) in [6, 6.07) is 0. The van der Waals surface area contributed by atoms with Crippen molar-refractivity contribution in [3.63, 3.8) is 0 Å². The van der Waals surface area contributed by atoms with E-state index in [0.717, 1.165) is 37.6 Å². The summed E-state index contributed by atoms with van der Waals surface area (Å²) in [5, 5.41) is 0. The fourth-order valence-electron chi connectivity index (χ4n) is 2.33. The minimum Gasteiger partial charge on any atom is -0.339 e. The molecule has 0 bridgehead atoms. The van der Waals surface area contributed by atoms with E-state index >= 15 is 0 Å². The van der Waals surface area contributed by atoms with Crippen molar-refractivity contribution < 1.29 is 13.2 Å². The summed E-state index contributed by atoms with van der Waals surface area (Å²) < 4.78 is 24.7.